The van der Waals surface area contributed by atoms with Gasteiger partial charge in [0.2, 0.25) is 0 Å². The van der Waals surface area contributed by atoms with Gasteiger partial charge in [0, 0.05) is 52.4 Å². The highest BCUT2D eigenvalue weighted by atomic mass is 16.6. The van der Waals surface area contributed by atoms with Crippen LogP contribution in [0.2, 0.25) is 0 Å². The summed E-state index contributed by atoms with van der Waals surface area (Å²) < 4.78 is 5.02. The highest BCUT2D eigenvalue weighted by Gasteiger charge is 2.23. The van der Waals surface area contributed by atoms with Crippen molar-refractivity contribution in [3.05, 3.63) is 0 Å². The van der Waals surface area contributed by atoms with Crippen LogP contribution in [-0.4, -0.2) is 86.4 Å². The molecule has 6 heteroatoms. The third-order valence-electron chi connectivity index (χ3n) is 3.51. The van der Waals surface area contributed by atoms with Crippen LogP contribution >= 0.6 is 0 Å². The van der Waals surface area contributed by atoms with E-state index in [1.54, 1.807) is 4.90 Å². The van der Waals surface area contributed by atoms with Gasteiger partial charge in [-0.15, -0.1) is 0 Å². The Morgan fingerprint density at radius 3 is 2.28 bits per heavy atom. The first kappa shape index (κ1) is 13.6. The molecule has 2 aliphatic rings. The summed E-state index contributed by atoms with van der Waals surface area (Å²) >= 11 is 0. The minimum Gasteiger partial charge on any atom is -0.450 e. The molecule has 6 nitrogen and oxygen atoms in total. The molecular formula is C12H24N4O2. The minimum atomic E-state index is -0.167. The van der Waals surface area contributed by atoms with Crippen molar-refractivity contribution in [3.63, 3.8) is 0 Å². The fourth-order valence-corrected chi connectivity index (χ4v) is 2.42. The van der Waals surface area contributed by atoms with Crippen molar-refractivity contribution >= 4 is 6.09 Å². The summed E-state index contributed by atoms with van der Waals surface area (Å²) in [6.07, 6.45) is -0.167. The van der Waals surface area contributed by atoms with Crippen LogP contribution in [0.15, 0.2) is 0 Å². The number of carbonyl (C=O) groups is 1. The molecule has 0 unspecified atom stereocenters. The van der Waals surface area contributed by atoms with Gasteiger partial charge in [-0.1, -0.05) is 0 Å². The van der Waals surface area contributed by atoms with Gasteiger partial charge in [0.15, 0.2) is 0 Å². The second-order valence-corrected chi connectivity index (χ2v) is 4.81. The zero-order valence-corrected chi connectivity index (χ0v) is 11.2. The van der Waals surface area contributed by atoms with Gasteiger partial charge in [0.25, 0.3) is 0 Å². The molecule has 0 saturated carbocycles. The van der Waals surface area contributed by atoms with Gasteiger partial charge in [0.05, 0.1) is 13.3 Å². The molecule has 0 aromatic rings. The third-order valence-corrected chi connectivity index (χ3v) is 3.51. The van der Waals surface area contributed by atoms with Gasteiger partial charge in [-0.3, -0.25) is 9.80 Å². The lowest BCUT2D eigenvalue weighted by atomic mass is 10.3. The molecule has 104 valence electrons. The molecule has 0 atom stereocenters. The molecule has 2 aliphatic heterocycles. The molecule has 2 fully saturated rings. The summed E-state index contributed by atoms with van der Waals surface area (Å²) in [6.45, 7) is 11.2. The largest absolute Gasteiger partial charge is 0.450 e. The Morgan fingerprint density at radius 2 is 1.67 bits per heavy atom. The Hall–Kier alpha value is -0.850. The Labute approximate surface area is 109 Å². The van der Waals surface area contributed by atoms with Gasteiger partial charge < -0.3 is 15.0 Å². The predicted molar refractivity (Wildman–Crippen MR) is 69.5 cm³/mol. The molecule has 2 saturated heterocycles. The van der Waals surface area contributed by atoms with Crippen LogP contribution in [0, 0.1) is 0 Å². The Morgan fingerprint density at radius 1 is 1.06 bits per heavy atom. The number of nitrogens with one attached hydrogen (secondary N) is 1. The number of carbonyl (C=O) groups excluding carboxylic acids is 1. The summed E-state index contributed by atoms with van der Waals surface area (Å²) in [7, 11) is 0. The zero-order valence-electron chi connectivity index (χ0n) is 11.2. The molecule has 18 heavy (non-hydrogen) atoms. The number of hydrogen-bond acceptors (Lipinski definition) is 5. The summed E-state index contributed by atoms with van der Waals surface area (Å²) in [5.74, 6) is 0. The summed E-state index contributed by atoms with van der Waals surface area (Å²) in [4.78, 5) is 18.3. The summed E-state index contributed by atoms with van der Waals surface area (Å²) in [6, 6.07) is 0. The zero-order chi connectivity index (χ0) is 12.8. The van der Waals surface area contributed by atoms with Crippen LogP contribution in [0.5, 0.6) is 0 Å². The molecule has 0 aliphatic carbocycles. The van der Waals surface area contributed by atoms with E-state index >= 15 is 0 Å². The molecule has 0 aromatic heterocycles. The summed E-state index contributed by atoms with van der Waals surface area (Å²) in [5.41, 5.74) is 0. The second-order valence-electron chi connectivity index (χ2n) is 4.81. The molecule has 0 aromatic carbocycles. The van der Waals surface area contributed by atoms with E-state index in [1.165, 1.54) is 0 Å². The Bertz CT molecular complexity index is 261. The van der Waals surface area contributed by atoms with Crippen molar-refractivity contribution in [3.8, 4) is 0 Å². The third kappa shape index (κ3) is 3.83. The van der Waals surface area contributed by atoms with Crippen molar-refractivity contribution in [2.45, 2.75) is 6.92 Å². The fraction of sp³-hybridized carbons (Fsp3) is 0.917. The summed E-state index contributed by atoms with van der Waals surface area (Å²) in [5, 5.41) is 3.36. The van der Waals surface area contributed by atoms with Gasteiger partial charge in [0.1, 0.15) is 0 Å². The van der Waals surface area contributed by atoms with Crippen LogP contribution in [-0.2, 0) is 4.74 Å². The number of rotatable bonds is 3. The van der Waals surface area contributed by atoms with E-state index in [0.717, 1.165) is 59.0 Å². The van der Waals surface area contributed by atoms with Crippen LogP contribution in [0.25, 0.3) is 0 Å². The van der Waals surface area contributed by atoms with E-state index in [1.807, 2.05) is 6.92 Å². The van der Waals surface area contributed by atoms with Gasteiger partial charge in [-0.05, 0) is 6.92 Å². The van der Waals surface area contributed by atoms with E-state index in [4.69, 9.17) is 4.74 Å². The van der Waals surface area contributed by atoms with Gasteiger partial charge in [-0.25, -0.2) is 4.79 Å². The maximum absolute atomic E-state index is 11.6. The molecule has 0 bridgehead atoms. The molecule has 1 N–H and O–H groups in total. The van der Waals surface area contributed by atoms with Gasteiger partial charge in [-0.2, -0.15) is 0 Å². The highest BCUT2D eigenvalue weighted by Crippen LogP contribution is 2.05. The highest BCUT2D eigenvalue weighted by molar-refractivity contribution is 5.67. The fourth-order valence-electron chi connectivity index (χ4n) is 2.42. The van der Waals surface area contributed by atoms with Gasteiger partial charge >= 0.3 is 6.09 Å². The number of piperazine rings is 2. The average molecular weight is 256 g/mol. The normalized spacial score (nSPS) is 23.1. The second kappa shape index (κ2) is 6.92. The average Bonchev–Trinajstić information content (AvgIpc) is 2.41. The van der Waals surface area contributed by atoms with Crippen LogP contribution in [0.4, 0.5) is 4.79 Å². The van der Waals surface area contributed by atoms with E-state index in [0.29, 0.717) is 6.61 Å². The Kier molecular flexibility index (Phi) is 5.22. The van der Waals surface area contributed by atoms with Crippen LogP contribution in [0.3, 0.4) is 0 Å². The topological polar surface area (TPSA) is 48.1 Å². The lowest BCUT2D eigenvalue weighted by molar-refractivity contribution is 0.0535. The number of nitrogens with zero attached hydrogens (tertiary/aromatic N) is 3. The maximum Gasteiger partial charge on any atom is 0.409 e. The number of amides is 1. The molecule has 2 rings (SSSR count). The maximum atomic E-state index is 11.6. The molecular weight excluding hydrogens is 232 g/mol. The smallest absolute Gasteiger partial charge is 0.409 e. The predicted octanol–water partition coefficient (Wildman–Crippen LogP) is -0.377. The van der Waals surface area contributed by atoms with Crippen LogP contribution in [0.1, 0.15) is 6.92 Å². The molecule has 2 heterocycles. The quantitative estimate of drug-likeness (QED) is 0.746. The first-order valence-electron chi connectivity index (χ1n) is 6.86. The Balaban J connectivity index is 1.68. The lowest BCUT2D eigenvalue weighted by Crippen LogP contribution is -2.54. The van der Waals surface area contributed by atoms with E-state index < -0.39 is 0 Å². The first-order valence-corrected chi connectivity index (χ1v) is 6.86. The van der Waals surface area contributed by atoms with Crippen molar-refractivity contribution < 1.29 is 9.53 Å². The molecule has 0 radical (unpaired) electrons. The van der Waals surface area contributed by atoms with Crippen molar-refractivity contribution in [1.29, 1.82) is 0 Å². The van der Waals surface area contributed by atoms with Crippen molar-refractivity contribution in [2.75, 3.05) is 65.6 Å². The first-order chi connectivity index (χ1) is 8.79. The number of ether oxygens (including phenoxy) is 1. The minimum absolute atomic E-state index is 0.167. The van der Waals surface area contributed by atoms with Crippen molar-refractivity contribution in [1.82, 2.24) is 20.0 Å². The van der Waals surface area contributed by atoms with E-state index in [2.05, 4.69) is 15.1 Å². The van der Waals surface area contributed by atoms with Crippen molar-refractivity contribution in [2.24, 2.45) is 0 Å². The standard InChI is InChI=1S/C12H24N4O2/c1-2-18-12(17)16-9-7-15(8-10-16)11-14-5-3-13-4-6-14/h13H,2-11H2,1H3. The molecule has 0 spiro atoms. The van der Waals surface area contributed by atoms with E-state index in [-0.39, 0.29) is 6.09 Å². The van der Waals surface area contributed by atoms with E-state index in [9.17, 15) is 4.79 Å². The SMILES string of the molecule is CCOC(=O)N1CCN(CN2CCNCC2)CC1. The lowest BCUT2D eigenvalue weighted by Gasteiger charge is -2.38. The number of hydrogen-bond donors (Lipinski definition) is 1. The van der Waals surface area contributed by atoms with Crippen LogP contribution < -0.4 is 5.32 Å². The monoisotopic (exact) mass is 256 g/mol. The molecule has 1 amide bonds.